The maximum atomic E-state index is 14.1. The van der Waals surface area contributed by atoms with Crippen molar-refractivity contribution in [3.8, 4) is 18.2 Å². The van der Waals surface area contributed by atoms with Gasteiger partial charge >= 0.3 is 11.7 Å². The molecule has 124 valence electrons. The van der Waals surface area contributed by atoms with Crippen LogP contribution in [0, 0.1) is 12.3 Å². The maximum absolute atomic E-state index is 14.1. The molecule has 0 unspecified atom stereocenters. The maximum Gasteiger partial charge on any atom is 0.353 e. The first-order valence-corrected chi connectivity index (χ1v) is 6.35. The summed E-state index contributed by atoms with van der Waals surface area (Å²) in [5.74, 6) is -2.03. The number of aliphatic hydroxyl groups is 3. The lowest BCUT2D eigenvalue weighted by atomic mass is 10.1. The summed E-state index contributed by atoms with van der Waals surface area (Å²) in [5.41, 5.74) is -1.20. The molecule has 1 saturated heterocycles. The van der Waals surface area contributed by atoms with E-state index < -0.39 is 48.4 Å². The van der Waals surface area contributed by atoms with E-state index >= 15 is 0 Å². The molecule has 0 bridgehead atoms. The Bertz CT molecular complexity index is 728. The van der Waals surface area contributed by atoms with E-state index in [-0.39, 0.29) is 5.56 Å². The monoisotopic (exact) mass is 328 g/mol. The molecule has 0 amide bonds. The summed E-state index contributed by atoms with van der Waals surface area (Å²) in [6.07, 6.45) is 0.543. The number of carbonyl (C=O) groups excluding carboxylic acids is 1. The Morgan fingerprint density at radius 3 is 2.78 bits per heavy atom. The van der Waals surface area contributed by atoms with E-state index in [1.165, 1.54) is 0 Å². The fourth-order valence-electron chi connectivity index (χ4n) is 2.05. The van der Waals surface area contributed by atoms with Gasteiger partial charge in [0.05, 0.1) is 0 Å². The lowest BCUT2D eigenvalue weighted by molar-refractivity contribution is -0.207. The summed E-state index contributed by atoms with van der Waals surface area (Å²) in [6, 6.07) is 0. The third-order valence-corrected chi connectivity index (χ3v) is 3.18. The summed E-state index contributed by atoms with van der Waals surface area (Å²) in [4.78, 5) is 26.3. The van der Waals surface area contributed by atoms with Crippen molar-refractivity contribution < 1.29 is 34.0 Å². The number of halogens is 1. The minimum Gasteiger partial charge on any atom is -0.406 e. The van der Waals surface area contributed by atoms with Crippen molar-refractivity contribution in [2.45, 2.75) is 31.2 Å². The van der Waals surface area contributed by atoms with Crippen LogP contribution in [0.3, 0.4) is 0 Å². The van der Waals surface area contributed by atoms with Gasteiger partial charge in [0, 0.05) is 13.1 Å². The van der Waals surface area contributed by atoms with Crippen LogP contribution in [-0.2, 0) is 9.53 Å². The molecule has 0 saturated carbocycles. The van der Waals surface area contributed by atoms with Gasteiger partial charge in [-0.1, -0.05) is 5.92 Å². The molecule has 2 rings (SSSR count). The topological polar surface area (TPSA) is 131 Å². The fourth-order valence-corrected chi connectivity index (χ4v) is 2.05. The van der Waals surface area contributed by atoms with E-state index in [0.29, 0.717) is 4.57 Å². The van der Waals surface area contributed by atoms with Gasteiger partial charge in [0.25, 0.3) is 5.85 Å². The first-order valence-electron chi connectivity index (χ1n) is 6.35. The Morgan fingerprint density at radius 1 is 1.65 bits per heavy atom. The van der Waals surface area contributed by atoms with Crippen molar-refractivity contribution in [2.24, 2.45) is 0 Å². The van der Waals surface area contributed by atoms with E-state index in [1.807, 2.05) is 0 Å². The zero-order valence-electron chi connectivity index (χ0n) is 11.8. The zero-order valence-corrected chi connectivity index (χ0v) is 11.8. The third-order valence-electron chi connectivity index (χ3n) is 3.18. The molecule has 10 heteroatoms. The molecule has 0 aliphatic carbocycles. The molecule has 0 radical (unpaired) electrons. The summed E-state index contributed by atoms with van der Waals surface area (Å²) in [7, 11) is 0. The van der Waals surface area contributed by atoms with Crippen LogP contribution in [0.1, 0.15) is 18.7 Å². The van der Waals surface area contributed by atoms with Crippen molar-refractivity contribution in [3.63, 3.8) is 0 Å². The molecule has 0 spiro atoms. The van der Waals surface area contributed by atoms with Crippen LogP contribution in [0.15, 0.2) is 11.0 Å². The van der Waals surface area contributed by atoms with Crippen molar-refractivity contribution in [1.82, 2.24) is 9.55 Å². The molecule has 9 nitrogen and oxygen atoms in total. The molecule has 23 heavy (non-hydrogen) atoms. The second-order valence-electron chi connectivity index (χ2n) is 4.78. The average molecular weight is 328 g/mol. The normalized spacial score (nSPS) is 30.0. The summed E-state index contributed by atoms with van der Waals surface area (Å²) in [5, 5.41) is 28.3. The van der Waals surface area contributed by atoms with Gasteiger partial charge in [0.2, 0.25) is 5.88 Å². The minimum atomic E-state index is -2.95. The standard InChI is InChI=1S/C13H13FN2O7/c1-3-7-4-16(12(21)15-10(7)22-6(2)18)11-8(19)9(20)13(14,5-17)23-11/h1,4,8-9,11,17,19-20H,5H2,2H3/t8-,9+,11-,13-/m1/s1. The zero-order chi connectivity index (χ0) is 17.4. The number of esters is 1. The van der Waals surface area contributed by atoms with E-state index in [9.17, 15) is 24.2 Å². The fraction of sp³-hybridized carbons (Fsp3) is 0.462. The number of aromatic nitrogens is 2. The van der Waals surface area contributed by atoms with E-state index in [0.717, 1.165) is 13.1 Å². The third kappa shape index (κ3) is 2.95. The number of carbonyl (C=O) groups is 1. The van der Waals surface area contributed by atoms with Gasteiger partial charge in [-0.15, -0.1) is 6.42 Å². The number of alkyl halides is 1. The minimum absolute atomic E-state index is 0.134. The molecule has 1 aromatic heterocycles. The SMILES string of the molecule is C#Cc1cn([C@@H]2O[C@](F)(CO)[C@@H](O)[C@H]2O)c(=O)nc1OC(C)=O. The van der Waals surface area contributed by atoms with Crippen LogP contribution in [-0.4, -0.2) is 55.5 Å². The lowest BCUT2D eigenvalue weighted by Gasteiger charge is -2.20. The number of aliphatic hydroxyl groups excluding tert-OH is 3. The number of ether oxygens (including phenoxy) is 2. The molecule has 2 heterocycles. The number of hydrogen-bond acceptors (Lipinski definition) is 8. The second kappa shape index (κ2) is 6.05. The van der Waals surface area contributed by atoms with Crippen molar-refractivity contribution in [1.29, 1.82) is 0 Å². The first-order chi connectivity index (χ1) is 10.7. The molecule has 1 aliphatic heterocycles. The predicted molar refractivity (Wildman–Crippen MR) is 70.8 cm³/mol. The van der Waals surface area contributed by atoms with Gasteiger partial charge in [-0.2, -0.15) is 4.98 Å². The quantitative estimate of drug-likeness (QED) is 0.431. The summed E-state index contributed by atoms with van der Waals surface area (Å²) < 4.78 is 24.1. The van der Waals surface area contributed by atoms with E-state index in [4.69, 9.17) is 16.3 Å². The Labute approximate surface area is 128 Å². The molecule has 1 aromatic rings. The van der Waals surface area contributed by atoms with Crippen molar-refractivity contribution in [2.75, 3.05) is 6.61 Å². The van der Waals surface area contributed by atoms with Crippen LogP contribution in [0.5, 0.6) is 5.88 Å². The second-order valence-corrected chi connectivity index (χ2v) is 4.78. The van der Waals surface area contributed by atoms with Gasteiger partial charge in [-0.25, -0.2) is 9.18 Å². The van der Waals surface area contributed by atoms with Crippen LogP contribution in [0.25, 0.3) is 0 Å². The van der Waals surface area contributed by atoms with Gasteiger partial charge in [-0.3, -0.25) is 9.36 Å². The van der Waals surface area contributed by atoms with Crippen molar-refractivity contribution in [3.05, 3.63) is 22.2 Å². The Kier molecular flexibility index (Phi) is 4.49. The Balaban J connectivity index is 2.47. The number of rotatable bonds is 3. The van der Waals surface area contributed by atoms with E-state index in [1.54, 1.807) is 0 Å². The number of nitrogens with zero attached hydrogens (tertiary/aromatic N) is 2. The molecule has 1 aliphatic rings. The summed E-state index contributed by atoms with van der Waals surface area (Å²) in [6.45, 7) is -0.163. The highest BCUT2D eigenvalue weighted by molar-refractivity contribution is 5.69. The molecule has 0 aromatic carbocycles. The predicted octanol–water partition coefficient (Wildman–Crippen LogP) is -1.94. The molecular weight excluding hydrogens is 315 g/mol. The molecule has 1 fully saturated rings. The van der Waals surface area contributed by atoms with Gasteiger partial charge in [0.1, 0.15) is 24.4 Å². The summed E-state index contributed by atoms with van der Waals surface area (Å²) >= 11 is 0. The molecule has 4 atom stereocenters. The van der Waals surface area contributed by atoms with E-state index in [2.05, 4.69) is 15.6 Å². The van der Waals surface area contributed by atoms with Crippen LogP contribution in [0.2, 0.25) is 0 Å². The van der Waals surface area contributed by atoms with Crippen LogP contribution < -0.4 is 10.4 Å². The molecular formula is C13H13FN2O7. The van der Waals surface area contributed by atoms with Gasteiger partial charge < -0.3 is 24.8 Å². The molecule has 3 N–H and O–H groups in total. The van der Waals surface area contributed by atoms with Gasteiger partial charge in [0.15, 0.2) is 6.23 Å². The number of terminal acetylenes is 1. The average Bonchev–Trinajstić information content (AvgIpc) is 2.72. The Morgan fingerprint density at radius 2 is 2.30 bits per heavy atom. The van der Waals surface area contributed by atoms with Gasteiger partial charge in [-0.05, 0) is 0 Å². The number of hydrogen-bond donors (Lipinski definition) is 3. The highest BCUT2D eigenvalue weighted by atomic mass is 19.2. The van der Waals surface area contributed by atoms with Crippen LogP contribution >= 0.6 is 0 Å². The lowest BCUT2D eigenvalue weighted by Crippen LogP contribution is -2.42. The highest BCUT2D eigenvalue weighted by Gasteiger charge is 2.56. The first kappa shape index (κ1) is 17.0. The smallest absolute Gasteiger partial charge is 0.353 e. The Hall–Kier alpha value is -2.32. The van der Waals surface area contributed by atoms with Crippen LogP contribution in [0.4, 0.5) is 4.39 Å². The van der Waals surface area contributed by atoms with Crippen molar-refractivity contribution >= 4 is 5.97 Å². The largest absolute Gasteiger partial charge is 0.406 e. The highest BCUT2D eigenvalue weighted by Crippen LogP contribution is 2.37.